The van der Waals surface area contributed by atoms with Gasteiger partial charge in [0, 0.05) is 13.1 Å². The lowest BCUT2D eigenvalue weighted by Gasteiger charge is -2.34. The number of aliphatic hydroxyl groups is 2. The molecule has 3 aliphatic heterocycles. The Balaban J connectivity index is 0.984. The second-order valence-corrected chi connectivity index (χ2v) is 15.3. The quantitative estimate of drug-likeness (QED) is 0.0608. The molecule has 7 heterocycles. The van der Waals surface area contributed by atoms with Crippen LogP contribution in [-0.4, -0.2) is 118 Å². The average Bonchev–Trinajstić information content (AvgIpc) is 3.90. The van der Waals surface area contributed by atoms with Gasteiger partial charge in [-0.25, -0.2) is 34.3 Å². The Morgan fingerprint density at radius 2 is 1.50 bits per heavy atom. The van der Waals surface area contributed by atoms with Gasteiger partial charge in [0.15, 0.2) is 52.6 Å². The van der Waals surface area contributed by atoms with Crippen LogP contribution in [0.2, 0.25) is 0 Å². The Bertz CT molecular complexity index is 1950. The Morgan fingerprint density at radius 1 is 0.920 bits per heavy atom. The van der Waals surface area contributed by atoms with E-state index in [-0.39, 0.29) is 5.65 Å². The summed E-state index contributed by atoms with van der Waals surface area (Å²) in [4.78, 5) is 26.0. The van der Waals surface area contributed by atoms with Crippen LogP contribution in [0.4, 0.5) is 16.0 Å². The summed E-state index contributed by atoms with van der Waals surface area (Å²) in [6.07, 6.45) is 1.23. The number of nitrogens with one attached hydrogen (secondary N) is 2. The first-order valence-corrected chi connectivity index (χ1v) is 20.5. The molecule has 2 unspecified atom stereocenters. The summed E-state index contributed by atoms with van der Waals surface area (Å²) in [6.45, 7) is 1.54. The predicted octanol–water partition coefficient (Wildman–Crippen LogP) is 1.73. The van der Waals surface area contributed by atoms with E-state index in [9.17, 15) is 19.3 Å². The van der Waals surface area contributed by atoms with Gasteiger partial charge in [-0.15, -0.1) is 0 Å². The molecule has 11 atom stereocenters. The molecule has 19 nitrogen and oxygen atoms in total. The average molecular weight is 775 g/mol. The van der Waals surface area contributed by atoms with Crippen molar-refractivity contribution >= 4 is 72.9 Å². The Labute approximate surface area is 294 Å². The molecular weight excluding hydrogens is 741 g/mol. The minimum absolute atomic E-state index is 0.285. The Kier molecular flexibility index (Phi) is 10.5. The molecule has 2 bridgehead atoms. The van der Waals surface area contributed by atoms with Crippen molar-refractivity contribution in [2.24, 2.45) is 0 Å². The summed E-state index contributed by atoms with van der Waals surface area (Å²) in [7, 11) is -5.44. The molecule has 50 heavy (non-hydrogen) atoms. The van der Waals surface area contributed by atoms with Crippen LogP contribution in [0.15, 0.2) is 37.5 Å². The fourth-order valence-corrected chi connectivity index (χ4v) is 8.26. The highest BCUT2D eigenvalue weighted by atomic mass is 32.7. The number of imidazole rings is 2. The minimum atomic E-state index is -2.78. The van der Waals surface area contributed by atoms with Crippen molar-refractivity contribution in [3.05, 3.63) is 37.5 Å². The lowest BCUT2D eigenvalue weighted by Crippen LogP contribution is -2.49. The molecule has 0 aliphatic carbocycles. The molecule has 0 amide bonds. The van der Waals surface area contributed by atoms with E-state index in [1.165, 1.54) is 29.9 Å². The van der Waals surface area contributed by atoms with Gasteiger partial charge in [0.05, 0.1) is 32.0 Å². The molecule has 4 aromatic heterocycles. The van der Waals surface area contributed by atoms with Gasteiger partial charge in [0.25, 0.3) is 0 Å². The van der Waals surface area contributed by atoms with Gasteiger partial charge in [-0.05, 0) is 6.92 Å². The predicted molar refractivity (Wildman–Crippen MR) is 183 cm³/mol. The molecule has 24 heteroatoms. The smallest absolute Gasteiger partial charge is 0.243 e. The van der Waals surface area contributed by atoms with Crippen LogP contribution < -0.4 is 10.6 Å². The van der Waals surface area contributed by atoms with Crippen molar-refractivity contribution in [1.82, 2.24) is 39.0 Å². The summed E-state index contributed by atoms with van der Waals surface area (Å²) in [5.41, 5.74) is 0.354. The number of hydrogen-bond acceptors (Lipinski definition) is 17. The summed E-state index contributed by atoms with van der Waals surface area (Å²) in [6, 6.07) is 0. The number of rotatable bonds is 14. The number of halogens is 1. The number of aliphatic hydroxyl groups excluding tert-OH is 2. The SMILES string of the molecule is C[C@@H]1O[C@H]2[C@H](n3cnc4c(NC/C=C/CNc5ncnc6c5ncn6[C@@H]5O[C@H](CO)[C@@H](O[PH](=O)S)[C@H]5F)ncnc43)O[C@]1(CO)[C@H]2O[PH](=O)S. The molecule has 0 aromatic carbocycles. The maximum Gasteiger partial charge on any atom is 0.243 e. The zero-order valence-electron chi connectivity index (χ0n) is 26.0. The first kappa shape index (κ1) is 35.6. The third-order valence-corrected chi connectivity index (χ3v) is 10.4. The lowest BCUT2D eigenvalue weighted by atomic mass is 9.94. The molecule has 7 rings (SSSR count). The van der Waals surface area contributed by atoms with E-state index in [1.807, 2.05) is 12.2 Å². The van der Waals surface area contributed by atoms with Gasteiger partial charge < -0.3 is 44.1 Å². The third-order valence-electron chi connectivity index (χ3n) is 8.82. The van der Waals surface area contributed by atoms with E-state index in [1.54, 1.807) is 11.5 Å². The van der Waals surface area contributed by atoms with Crippen LogP contribution in [0.5, 0.6) is 0 Å². The molecule has 0 saturated carbocycles. The van der Waals surface area contributed by atoms with Crippen molar-refractivity contribution in [2.75, 3.05) is 36.9 Å². The monoisotopic (exact) mass is 774 g/mol. The molecule has 0 spiro atoms. The van der Waals surface area contributed by atoms with Gasteiger partial charge in [-0.2, -0.15) is 0 Å². The summed E-state index contributed by atoms with van der Waals surface area (Å²) >= 11 is 7.64. The van der Waals surface area contributed by atoms with Crippen LogP contribution in [0.3, 0.4) is 0 Å². The van der Waals surface area contributed by atoms with Gasteiger partial charge in [0.2, 0.25) is 14.5 Å². The van der Waals surface area contributed by atoms with E-state index in [2.05, 4.69) is 65.0 Å². The third kappa shape index (κ3) is 6.34. The van der Waals surface area contributed by atoms with Crippen molar-refractivity contribution in [1.29, 1.82) is 0 Å². The van der Waals surface area contributed by atoms with Gasteiger partial charge >= 0.3 is 0 Å². The maximum absolute atomic E-state index is 15.3. The Hall–Kier alpha value is -2.75. The summed E-state index contributed by atoms with van der Waals surface area (Å²) in [5, 5.41) is 26.2. The number of anilines is 2. The molecule has 4 aromatic rings. The number of thiol groups is 2. The van der Waals surface area contributed by atoms with E-state index in [4.69, 9.17) is 23.3 Å². The van der Waals surface area contributed by atoms with Crippen molar-refractivity contribution < 1.29 is 47.0 Å². The maximum atomic E-state index is 15.3. The van der Waals surface area contributed by atoms with E-state index in [0.29, 0.717) is 41.4 Å². The second kappa shape index (κ2) is 14.7. The molecule has 4 N–H and O–H groups in total. The standard InChI is InChI=1S/C26H33FN10O9P2S2/c1-12-26(7-39)19(46-48(41)50)18(42-12)25(44-26)37-11-35-16-21(31-9-33-23(16)37)29-5-3-2-4-28-20-15-22(32-8-30-20)36(10-34-15)24-14(27)17(45-47(40)49)13(6-38)43-24/h2-3,8-14,17-19,24-25,38-39,47-48H,4-7H2,1H3,(H,40,49)(H,41,50)(H,28,30,32)(H,29,31,33)/b3-2+/t12-,13+,14+,17+,18+,19-,24+,25+,26-/m0/s1. The zero-order chi connectivity index (χ0) is 35.2. The summed E-state index contributed by atoms with van der Waals surface area (Å²) in [5.74, 6) is 0.864. The lowest BCUT2D eigenvalue weighted by molar-refractivity contribution is -0.216. The number of fused-ring (bicyclic) bond motifs is 4. The van der Waals surface area contributed by atoms with Gasteiger partial charge in [0.1, 0.15) is 42.7 Å². The normalized spacial score (nSPS) is 32.0. The number of alkyl halides is 1. The molecule has 3 fully saturated rings. The minimum Gasteiger partial charge on any atom is -0.394 e. The molecule has 3 aliphatic rings. The van der Waals surface area contributed by atoms with Gasteiger partial charge in [-0.1, -0.05) is 36.6 Å². The van der Waals surface area contributed by atoms with Crippen LogP contribution in [0, 0.1) is 0 Å². The van der Waals surface area contributed by atoms with E-state index < -0.39 is 82.4 Å². The number of ether oxygens (including phenoxy) is 3. The fraction of sp³-hybridized carbons (Fsp3) is 0.538. The van der Waals surface area contributed by atoms with Crippen LogP contribution >= 0.6 is 39.0 Å². The van der Waals surface area contributed by atoms with Crippen molar-refractivity contribution in [3.63, 3.8) is 0 Å². The van der Waals surface area contributed by atoms with Gasteiger partial charge in [-0.3, -0.25) is 18.3 Å². The first-order valence-electron chi connectivity index (χ1n) is 15.3. The van der Waals surface area contributed by atoms with Crippen molar-refractivity contribution in [2.45, 2.75) is 61.7 Å². The first-order chi connectivity index (χ1) is 24.2. The van der Waals surface area contributed by atoms with Crippen molar-refractivity contribution in [3.8, 4) is 0 Å². The van der Waals surface area contributed by atoms with Crippen LogP contribution in [0.25, 0.3) is 22.3 Å². The Morgan fingerprint density at radius 3 is 2.04 bits per heavy atom. The molecular formula is C26H33FN10O9P2S2. The number of hydrogen-bond donors (Lipinski definition) is 6. The molecule has 0 radical (unpaired) electrons. The molecule has 3 saturated heterocycles. The highest BCUT2D eigenvalue weighted by Crippen LogP contribution is 2.53. The fourth-order valence-electron chi connectivity index (χ4n) is 6.48. The zero-order valence-corrected chi connectivity index (χ0v) is 29.8. The number of aromatic nitrogens is 8. The highest BCUT2D eigenvalue weighted by molar-refractivity contribution is 8.39. The van der Waals surface area contributed by atoms with E-state index in [0.717, 1.165) is 0 Å². The second-order valence-electron chi connectivity index (χ2n) is 11.5. The highest BCUT2D eigenvalue weighted by Gasteiger charge is 2.67. The number of nitrogens with zero attached hydrogens (tertiary/aromatic N) is 8. The van der Waals surface area contributed by atoms with E-state index >= 15 is 4.39 Å². The molecule has 270 valence electrons. The van der Waals surface area contributed by atoms with Crippen LogP contribution in [0.1, 0.15) is 19.4 Å². The van der Waals surface area contributed by atoms with Crippen LogP contribution in [-0.2, 0) is 32.4 Å². The topological polar surface area (TPSA) is 232 Å². The largest absolute Gasteiger partial charge is 0.394 e. The summed E-state index contributed by atoms with van der Waals surface area (Å²) < 4.78 is 70.3.